The average molecular weight is 225 g/mol. The molecule has 0 radical (unpaired) electrons. The number of hydrogen-bond donors (Lipinski definition) is 0. The van der Waals surface area contributed by atoms with Crippen molar-refractivity contribution in [3.8, 4) is 5.75 Å². The van der Waals surface area contributed by atoms with Crippen molar-refractivity contribution in [1.82, 2.24) is 0 Å². The van der Waals surface area contributed by atoms with E-state index in [1.807, 2.05) is 0 Å². The second-order valence-corrected chi connectivity index (χ2v) is 3.32. The molecule has 0 fully saturated rings. The first-order chi connectivity index (χ1) is 6.29. The topological polar surface area (TPSA) is 9.23 Å². The zero-order valence-electron chi connectivity index (χ0n) is 7.57. The lowest BCUT2D eigenvalue weighted by Gasteiger charge is -2.12. The Morgan fingerprint density at radius 2 is 1.71 bits per heavy atom. The Labute approximate surface area is 84.4 Å². The van der Waals surface area contributed by atoms with E-state index >= 15 is 0 Å². The molecule has 78 valence electrons. The Morgan fingerprint density at radius 3 is 2.21 bits per heavy atom. The van der Waals surface area contributed by atoms with Gasteiger partial charge >= 0.3 is 6.36 Å². The number of alkyl halides is 3. The fourth-order valence-electron chi connectivity index (χ4n) is 0.989. The highest BCUT2D eigenvalue weighted by Crippen LogP contribution is 2.30. The van der Waals surface area contributed by atoms with Gasteiger partial charge in [-0.25, -0.2) is 0 Å². The van der Waals surface area contributed by atoms with Gasteiger partial charge in [0.1, 0.15) is 5.75 Å². The van der Waals surface area contributed by atoms with Crippen LogP contribution in [0.5, 0.6) is 5.75 Å². The molecule has 0 saturated heterocycles. The van der Waals surface area contributed by atoms with Crippen molar-refractivity contribution in [3.05, 3.63) is 28.3 Å². The molecule has 0 amide bonds. The summed E-state index contributed by atoms with van der Waals surface area (Å²) in [5.74, 6) is -0.209. The van der Waals surface area contributed by atoms with Crippen LogP contribution in [0.3, 0.4) is 0 Å². The number of aryl methyl sites for hydroxylation is 2. The summed E-state index contributed by atoms with van der Waals surface area (Å²) < 4.78 is 39.5. The summed E-state index contributed by atoms with van der Waals surface area (Å²) in [6.07, 6.45) is -4.66. The molecule has 0 unspecified atom stereocenters. The van der Waals surface area contributed by atoms with Crippen LogP contribution in [0.1, 0.15) is 11.1 Å². The minimum Gasteiger partial charge on any atom is -0.406 e. The lowest BCUT2D eigenvalue weighted by Crippen LogP contribution is -2.17. The molecule has 0 bridgehead atoms. The van der Waals surface area contributed by atoms with Crippen molar-refractivity contribution in [1.29, 1.82) is 0 Å². The quantitative estimate of drug-likeness (QED) is 0.704. The van der Waals surface area contributed by atoms with Crippen LogP contribution < -0.4 is 4.74 Å². The van der Waals surface area contributed by atoms with Gasteiger partial charge in [-0.2, -0.15) is 0 Å². The van der Waals surface area contributed by atoms with E-state index in [9.17, 15) is 13.2 Å². The first kappa shape index (κ1) is 11.2. The van der Waals surface area contributed by atoms with Crippen molar-refractivity contribution in [2.24, 2.45) is 0 Å². The molecule has 0 saturated carbocycles. The minimum atomic E-state index is -4.66. The maximum atomic E-state index is 11.9. The van der Waals surface area contributed by atoms with E-state index in [1.165, 1.54) is 19.1 Å². The zero-order valence-corrected chi connectivity index (χ0v) is 8.33. The molecule has 0 aliphatic heterocycles. The molecule has 1 rings (SSSR count). The van der Waals surface area contributed by atoms with Gasteiger partial charge in [-0.1, -0.05) is 11.6 Å². The summed E-state index contributed by atoms with van der Waals surface area (Å²) in [4.78, 5) is 0. The van der Waals surface area contributed by atoms with E-state index in [0.29, 0.717) is 16.1 Å². The van der Waals surface area contributed by atoms with Gasteiger partial charge in [0.2, 0.25) is 0 Å². The van der Waals surface area contributed by atoms with Crippen molar-refractivity contribution in [2.45, 2.75) is 20.2 Å². The smallest absolute Gasteiger partial charge is 0.406 e. The molecule has 1 nitrogen and oxygen atoms in total. The molecular formula is C9H8ClF3O. The first-order valence-corrected chi connectivity index (χ1v) is 4.20. The highest BCUT2D eigenvalue weighted by Gasteiger charge is 2.31. The van der Waals surface area contributed by atoms with E-state index in [0.717, 1.165) is 0 Å². The normalized spacial score (nSPS) is 11.6. The van der Waals surface area contributed by atoms with Crippen LogP contribution in [0.4, 0.5) is 13.2 Å². The van der Waals surface area contributed by atoms with Crippen molar-refractivity contribution >= 4 is 11.6 Å². The Morgan fingerprint density at radius 1 is 1.14 bits per heavy atom. The Kier molecular flexibility index (Phi) is 2.95. The van der Waals surface area contributed by atoms with E-state index in [2.05, 4.69) is 4.74 Å². The third-order valence-electron chi connectivity index (χ3n) is 1.68. The van der Waals surface area contributed by atoms with Gasteiger partial charge in [-0.3, -0.25) is 0 Å². The molecule has 0 heterocycles. The fourth-order valence-corrected chi connectivity index (χ4v) is 1.21. The molecule has 0 aromatic heterocycles. The number of benzene rings is 1. The maximum absolute atomic E-state index is 11.9. The van der Waals surface area contributed by atoms with Crippen molar-refractivity contribution < 1.29 is 17.9 Å². The molecular weight excluding hydrogens is 217 g/mol. The van der Waals surface area contributed by atoms with Gasteiger partial charge in [0.05, 0.1) is 0 Å². The van der Waals surface area contributed by atoms with Gasteiger partial charge in [0.15, 0.2) is 0 Å². The third-order valence-corrected chi connectivity index (χ3v) is 2.09. The SMILES string of the molecule is Cc1cc(OC(F)(F)F)c(C)cc1Cl. The first-order valence-electron chi connectivity index (χ1n) is 3.82. The Bertz CT molecular complexity index is 347. The molecule has 0 spiro atoms. The van der Waals surface area contributed by atoms with E-state index < -0.39 is 6.36 Å². The van der Waals surface area contributed by atoms with Gasteiger partial charge in [0.25, 0.3) is 0 Å². The number of hydrogen-bond acceptors (Lipinski definition) is 1. The van der Waals surface area contributed by atoms with Gasteiger partial charge < -0.3 is 4.74 Å². The second kappa shape index (κ2) is 3.69. The van der Waals surface area contributed by atoms with E-state index in [1.54, 1.807) is 6.92 Å². The summed E-state index contributed by atoms with van der Waals surface area (Å²) in [6.45, 7) is 3.12. The monoisotopic (exact) mass is 224 g/mol. The minimum absolute atomic E-state index is 0.209. The average Bonchev–Trinajstić information content (AvgIpc) is 1.97. The van der Waals surface area contributed by atoms with Gasteiger partial charge in [0, 0.05) is 5.02 Å². The predicted octanol–water partition coefficient (Wildman–Crippen LogP) is 3.86. The lowest BCUT2D eigenvalue weighted by atomic mass is 10.1. The van der Waals surface area contributed by atoms with Crippen LogP contribution in [0.2, 0.25) is 5.02 Å². The Balaban J connectivity index is 3.04. The summed E-state index contributed by atoms with van der Waals surface area (Å²) in [7, 11) is 0. The summed E-state index contributed by atoms with van der Waals surface area (Å²) >= 11 is 5.72. The highest BCUT2D eigenvalue weighted by molar-refractivity contribution is 6.31. The number of halogens is 4. The molecule has 14 heavy (non-hydrogen) atoms. The van der Waals surface area contributed by atoms with Crippen LogP contribution in [0.25, 0.3) is 0 Å². The molecule has 1 aromatic carbocycles. The standard InChI is InChI=1S/C9H8ClF3O/c1-5-4-8(14-9(11,12)13)6(2)3-7(5)10/h3-4H,1-2H3. The van der Waals surface area contributed by atoms with Gasteiger partial charge in [-0.05, 0) is 37.1 Å². The van der Waals surface area contributed by atoms with Crippen LogP contribution in [-0.2, 0) is 0 Å². The van der Waals surface area contributed by atoms with Crippen molar-refractivity contribution in [3.63, 3.8) is 0 Å². The van der Waals surface area contributed by atoms with Crippen LogP contribution in [0.15, 0.2) is 12.1 Å². The molecule has 5 heteroatoms. The summed E-state index contributed by atoms with van der Waals surface area (Å²) in [6, 6.07) is 2.71. The number of ether oxygens (including phenoxy) is 1. The van der Waals surface area contributed by atoms with Crippen LogP contribution in [-0.4, -0.2) is 6.36 Å². The molecule has 0 aliphatic rings. The molecule has 0 atom stereocenters. The van der Waals surface area contributed by atoms with Gasteiger partial charge in [-0.15, -0.1) is 13.2 Å². The molecule has 1 aromatic rings. The second-order valence-electron chi connectivity index (χ2n) is 2.91. The maximum Gasteiger partial charge on any atom is 0.573 e. The third kappa shape index (κ3) is 2.80. The van der Waals surface area contributed by atoms with Crippen LogP contribution >= 0.6 is 11.6 Å². The highest BCUT2D eigenvalue weighted by atomic mass is 35.5. The zero-order chi connectivity index (χ0) is 10.9. The fraction of sp³-hybridized carbons (Fsp3) is 0.333. The summed E-state index contributed by atoms with van der Waals surface area (Å²) in [5, 5.41) is 0.428. The van der Waals surface area contributed by atoms with E-state index in [-0.39, 0.29) is 5.75 Å². The Hall–Kier alpha value is -0.900. The van der Waals surface area contributed by atoms with E-state index in [4.69, 9.17) is 11.6 Å². The van der Waals surface area contributed by atoms with Crippen LogP contribution in [0, 0.1) is 13.8 Å². The summed E-state index contributed by atoms with van der Waals surface area (Å²) in [5.41, 5.74) is 0.912. The lowest BCUT2D eigenvalue weighted by molar-refractivity contribution is -0.274. The van der Waals surface area contributed by atoms with Crippen molar-refractivity contribution in [2.75, 3.05) is 0 Å². The predicted molar refractivity (Wildman–Crippen MR) is 47.6 cm³/mol. The number of rotatable bonds is 1. The largest absolute Gasteiger partial charge is 0.573 e. The molecule has 0 N–H and O–H groups in total. The molecule has 0 aliphatic carbocycles.